The van der Waals surface area contributed by atoms with Gasteiger partial charge in [0.15, 0.2) is 16.1 Å². The molecule has 124 valence electrons. The summed E-state index contributed by atoms with van der Waals surface area (Å²) in [6, 6.07) is 4.94. The minimum atomic E-state index is -0.380. The van der Waals surface area contributed by atoms with Crippen LogP contribution in [-0.2, 0) is 4.79 Å². The van der Waals surface area contributed by atoms with Crippen LogP contribution in [0.15, 0.2) is 33.5 Å². The van der Waals surface area contributed by atoms with Gasteiger partial charge >= 0.3 is 0 Å². The van der Waals surface area contributed by atoms with Crippen LogP contribution in [0.4, 0.5) is 5.69 Å². The van der Waals surface area contributed by atoms with E-state index in [1.54, 1.807) is 18.2 Å². The molecule has 0 radical (unpaired) electrons. The van der Waals surface area contributed by atoms with Crippen LogP contribution in [-0.4, -0.2) is 45.5 Å². The Balaban J connectivity index is 1.65. The van der Waals surface area contributed by atoms with Crippen molar-refractivity contribution in [2.75, 3.05) is 18.9 Å². The number of aryl methyl sites for hydroxylation is 1. The van der Waals surface area contributed by atoms with Gasteiger partial charge in [0.05, 0.1) is 18.4 Å². The fourth-order valence-corrected chi connectivity index (χ4v) is 2.50. The molecule has 3 aromatic rings. The van der Waals surface area contributed by atoms with Gasteiger partial charge in [0, 0.05) is 18.1 Å². The van der Waals surface area contributed by atoms with E-state index in [0.717, 1.165) is 11.1 Å². The minimum Gasteiger partial charge on any atom is -0.444 e. The van der Waals surface area contributed by atoms with Gasteiger partial charge in [0.25, 0.3) is 5.91 Å². The van der Waals surface area contributed by atoms with Gasteiger partial charge in [-0.2, -0.15) is 5.10 Å². The summed E-state index contributed by atoms with van der Waals surface area (Å²) in [5.41, 5.74) is 1.99. The Kier molecular flexibility index (Phi) is 4.34. The summed E-state index contributed by atoms with van der Waals surface area (Å²) < 4.78 is 5.65. The number of nitrogens with zero attached hydrogens (tertiary/aromatic N) is 3. The van der Waals surface area contributed by atoms with E-state index in [0.29, 0.717) is 16.0 Å². The summed E-state index contributed by atoms with van der Waals surface area (Å²) >= 11 is 3.14. The first-order valence-corrected chi connectivity index (χ1v) is 7.84. The van der Waals surface area contributed by atoms with Gasteiger partial charge in [-0.05, 0) is 41.1 Å². The zero-order valence-electron chi connectivity index (χ0n) is 13.0. The van der Waals surface area contributed by atoms with Gasteiger partial charge in [-0.1, -0.05) is 0 Å². The molecule has 0 saturated carbocycles. The maximum atomic E-state index is 12.1. The Hall–Kier alpha value is -2.68. The number of likely N-dealkylation sites (N-methyl/N-ethyl adjacent to an activating group) is 1. The van der Waals surface area contributed by atoms with Crippen LogP contribution in [0.2, 0.25) is 0 Å². The SMILES string of the molecule is Cc1[nH]nc2ncc(NC(=O)CN(C)C(=O)c3ccc(Br)o3)cc12. The second-order valence-corrected chi connectivity index (χ2v) is 6.04. The normalized spacial score (nSPS) is 10.8. The number of H-pyrrole nitrogens is 1. The number of amides is 2. The Morgan fingerprint density at radius 1 is 1.42 bits per heavy atom. The largest absolute Gasteiger partial charge is 0.444 e. The van der Waals surface area contributed by atoms with Crippen LogP contribution >= 0.6 is 15.9 Å². The van der Waals surface area contributed by atoms with Crippen molar-refractivity contribution in [2.24, 2.45) is 0 Å². The number of pyridine rings is 1. The van der Waals surface area contributed by atoms with Crippen molar-refractivity contribution in [1.82, 2.24) is 20.1 Å². The molecule has 3 aromatic heterocycles. The number of hydrogen-bond donors (Lipinski definition) is 2. The Morgan fingerprint density at radius 3 is 2.92 bits per heavy atom. The number of furan rings is 1. The zero-order chi connectivity index (χ0) is 17.3. The minimum absolute atomic E-state index is 0.112. The highest BCUT2D eigenvalue weighted by Gasteiger charge is 2.18. The van der Waals surface area contributed by atoms with E-state index in [-0.39, 0.29) is 24.1 Å². The third kappa shape index (κ3) is 3.30. The second-order valence-electron chi connectivity index (χ2n) is 5.26. The summed E-state index contributed by atoms with van der Waals surface area (Å²) in [6.45, 7) is 1.76. The van der Waals surface area contributed by atoms with E-state index >= 15 is 0 Å². The molecule has 0 bridgehead atoms. The van der Waals surface area contributed by atoms with Crippen molar-refractivity contribution in [1.29, 1.82) is 0 Å². The van der Waals surface area contributed by atoms with Gasteiger partial charge in [0.1, 0.15) is 0 Å². The first-order valence-electron chi connectivity index (χ1n) is 7.05. The lowest BCUT2D eigenvalue weighted by Gasteiger charge is -2.15. The van der Waals surface area contributed by atoms with E-state index in [1.165, 1.54) is 18.1 Å². The molecular formula is C15H14BrN5O3. The maximum Gasteiger partial charge on any atom is 0.289 e. The molecule has 0 aliphatic rings. The summed E-state index contributed by atoms with van der Waals surface area (Å²) in [6.07, 6.45) is 1.52. The van der Waals surface area contributed by atoms with E-state index in [2.05, 4.69) is 36.4 Å². The molecule has 2 N–H and O–H groups in total. The molecule has 0 spiro atoms. The molecule has 2 amide bonds. The van der Waals surface area contributed by atoms with Crippen molar-refractivity contribution in [2.45, 2.75) is 6.92 Å². The average Bonchev–Trinajstić information content (AvgIpc) is 3.13. The Labute approximate surface area is 145 Å². The summed E-state index contributed by atoms with van der Waals surface area (Å²) in [5, 5.41) is 10.4. The maximum absolute atomic E-state index is 12.1. The number of carbonyl (C=O) groups is 2. The van der Waals surface area contributed by atoms with E-state index in [9.17, 15) is 9.59 Å². The van der Waals surface area contributed by atoms with Crippen molar-refractivity contribution < 1.29 is 14.0 Å². The highest BCUT2D eigenvalue weighted by molar-refractivity contribution is 9.10. The van der Waals surface area contributed by atoms with Gasteiger partial charge in [-0.15, -0.1) is 0 Å². The van der Waals surface area contributed by atoms with E-state index < -0.39 is 0 Å². The van der Waals surface area contributed by atoms with Gasteiger partial charge < -0.3 is 14.6 Å². The fourth-order valence-electron chi connectivity index (χ4n) is 2.19. The summed E-state index contributed by atoms with van der Waals surface area (Å²) in [4.78, 5) is 29.7. The quantitative estimate of drug-likeness (QED) is 0.709. The van der Waals surface area contributed by atoms with Gasteiger partial charge in [0.2, 0.25) is 5.91 Å². The predicted molar refractivity (Wildman–Crippen MR) is 90.6 cm³/mol. The topological polar surface area (TPSA) is 104 Å². The molecule has 24 heavy (non-hydrogen) atoms. The number of nitrogens with one attached hydrogen (secondary N) is 2. The molecule has 8 nitrogen and oxygen atoms in total. The molecule has 0 atom stereocenters. The number of halogens is 1. The second kappa shape index (κ2) is 6.44. The highest BCUT2D eigenvalue weighted by atomic mass is 79.9. The van der Waals surface area contributed by atoms with Crippen LogP contribution in [0.25, 0.3) is 11.0 Å². The average molecular weight is 392 g/mol. The van der Waals surface area contributed by atoms with Crippen molar-refractivity contribution in [3.05, 3.63) is 40.5 Å². The molecule has 0 saturated heterocycles. The number of rotatable bonds is 4. The molecule has 0 aromatic carbocycles. The predicted octanol–water partition coefficient (Wildman–Crippen LogP) is 2.33. The van der Waals surface area contributed by atoms with Crippen LogP contribution in [0.3, 0.4) is 0 Å². The lowest BCUT2D eigenvalue weighted by molar-refractivity contribution is -0.116. The molecule has 3 heterocycles. The standard InChI is InChI=1S/C15H14BrN5O3/c1-8-10-5-9(6-17-14(10)20-19-8)18-13(22)7-21(2)15(23)11-3-4-12(16)24-11/h3-6H,7H2,1-2H3,(H,18,22)(H,17,19,20). The number of hydrogen-bond acceptors (Lipinski definition) is 5. The Morgan fingerprint density at radius 2 is 2.21 bits per heavy atom. The lowest BCUT2D eigenvalue weighted by atomic mass is 10.2. The number of anilines is 1. The first-order chi connectivity index (χ1) is 11.4. The monoisotopic (exact) mass is 391 g/mol. The van der Waals surface area contributed by atoms with Gasteiger partial charge in [-0.3, -0.25) is 14.7 Å². The van der Waals surface area contributed by atoms with E-state index in [4.69, 9.17) is 4.42 Å². The number of aromatic nitrogens is 3. The third-order valence-corrected chi connectivity index (χ3v) is 3.82. The number of aromatic amines is 1. The lowest BCUT2D eigenvalue weighted by Crippen LogP contribution is -2.34. The highest BCUT2D eigenvalue weighted by Crippen LogP contribution is 2.18. The zero-order valence-corrected chi connectivity index (χ0v) is 14.5. The molecule has 3 rings (SSSR count). The molecular weight excluding hydrogens is 378 g/mol. The first kappa shape index (κ1) is 16.2. The van der Waals surface area contributed by atoms with Crippen molar-refractivity contribution in [3.8, 4) is 0 Å². The summed E-state index contributed by atoms with van der Waals surface area (Å²) in [5.74, 6) is -0.553. The number of fused-ring (bicyclic) bond motifs is 1. The Bertz CT molecular complexity index is 917. The van der Waals surface area contributed by atoms with Crippen LogP contribution < -0.4 is 5.32 Å². The third-order valence-electron chi connectivity index (χ3n) is 3.40. The molecule has 0 unspecified atom stereocenters. The molecule has 0 aliphatic carbocycles. The smallest absolute Gasteiger partial charge is 0.289 e. The van der Waals surface area contributed by atoms with E-state index in [1.807, 2.05) is 6.92 Å². The number of carbonyl (C=O) groups excluding carboxylic acids is 2. The molecule has 0 fully saturated rings. The fraction of sp³-hybridized carbons (Fsp3) is 0.200. The van der Waals surface area contributed by atoms with Crippen LogP contribution in [0.1, 0.15) is 16.2 Å². The van der Waals surface area contributed by atoms with Crippen molar-refractivity contribution >= 4 is 44.5 Å². The molecule has 9 heteroatoms. The van der Waals surface area contributed by atoms with Crippen LogP contribution in [0, 0.1) is 6.92 Å². The summed E-state index contributed by atoms with van der Waals surface area (Å²) in [7, 11) is 1.53. The van der Waals surface area contributed by atoms with Crippen LogP contribution in [0.5, 0.6) is 0 Å². The van der Waals surface area contributed by atoms with Gasteiger partial charge in [-0.25, -0.2) is 4.98 Å². The van der Waals surface area contributed by atoms with Crippen molar-refractivity contribution in [3.63, 3.8) is 0 Å². The molecule has 0 aliphatic heterocycles.